The van der Waals surface area contributed by atoms with E-state index in [0.29, 0.717) is 5.15 Å². The molecule has 2 aromatic rings. The molecule has 3 nitrogen and oxygen atoms in total. The van der Waals surface area contributed by atoms with Crippen LogP contribution in [0, 0.1) is 6.92 Å². The molecule has 11 heavy (non-hydrogen) atoms. The van der Waals surface area contributed by atoms with Crippen LogP contribution in [0.15, 0.2) is 6.33 Å². The molecule has 0 saturated carbocycles. The van der Waals surface area contributed by atoms with Gasteiger partial charge in [-0.25, -0.2) is 9.97 Å². The molecule has 0 unspecified atom stereocenters. The van der Waals surface area contributed by atoms with Crippen molar-refractivity contribution in [3.05, 3.63) is 17.2 Å². The summed E-state index contributed by atoms with van der Waals surface area (Å²) in [5, 5.41) is 1.36. The Morgan fingerprint density at radius 2 is 2.27 bits per heavy atom. The van der Waals surface area contributed by atoms with Crippen LogP contribution in [0.5, 0.6) is 0 Å². The number of nitrogens with zero attached hydrogens (tertiary/aromatic N) is 3. The Labute approximate surface area is 72.2 Å². The third-order valence-electron chi connectivity index (χ3n) is 1.40. The zero-order valence-electron chi connectivity index (χ0n) is 5.71. The molecule has 0 saturated heterocycles. The van der Waals surface area contributed by atoms with E-state index in [2.05, 4.69) is 14.3 Å². The van der Waals surface area contributed by atoms with Gasteiger partial charge in [-0.3, -0.25) is 0 Å². The molecule has 0 aliphatic carbocycles. The summed E-state index contributed by atoms with van der Waals surface area (Å²) in [4.78, 5) is 8.73. The average molecular weight is 186 g/mol. The zero-order valence-corrected chi connectivity index (χ0v) is 7.28. The molecule has 0 N–H and O–H groups in total. The van der Waals surface area contributed by atoms with Gasteiger partial charge in [-0.15, -0.1) is 0 Å². The number of hydrogen-bond acceptors (Lipinski definition) is 4. The van der Waals surface area contributed by atoms with Crippen molar-refractivity contribution in [3.63, 3.8) is 0 Å². The Hall–Kier alpha value is -0.740. The highest BCUT2D eigenvalue weighted by molar-refractivity contribution is 7.13. The standard InChI is InChI=1S/C6H4ClN3S/c1-3-4-5(7)8-2-9-6(4)11-10-3/h2H,1H3. The van der Waals surface area contributed by atoms with Gasteiger partial charge in [0.25, 0.3) is 0 Å². The van der Waals surface area contributed by atoms with Crippen molar-refractivity contribution in [2.75, 3.05) is 0 Å². The van der Waals surface area contributed by atoms with Gasteiger partial charge in [0.1, 0.15) is 16.3 Å². The zero-order chi connectivity index (χ0) is 7.84. The van der Waals surface area contributed by atoms with Gasteiger partial charge in [-0.1, -0.05) is 11.6 Å². The van der Waals surface area contributed by atoms with Gasteiger partial charge < -0.3 is 0 Å². The molecule has 2 rings (SSSR count). The molecule has 56 valence electrons. The lowest BCUT2D eigenvalue weighted by Crippen LogP contribution is -1.79. The van der Waals surface area contributed by atoms with Crippen LogP contribution in [0.2, 0.25) is 5.15 Å². The van der Waals surface area contributed by atoms with Crippen molar-refractivity contribution < 1.29 is 0 Å². The molecule has 0 aliphatic heterocycles. The largest absolute Gasteiger partial charge is 0.224 e. The molecular weight excluding hydrogens is 182 g/mol. The lowest BCUT2D eigenvalue weighted by molar-refractivity contribution is 1.23. The first-order valence-corrected chi connectivity index (χ1v) is 4.16. The number of aryl methyl sites for hydroxylation is 1. The molecule has 5 heteroatoms. The molecule has 0 aliphatic rings. The number of fused-ring (bicyclic) bond motifs is 1. The first-order valence-electron chi connectivity index (χ1n) is 3.01. The lowest BCUT2D eigenvalue weighted by atomic mass is 10.3. The minimum absolute atomic E-state index is 0.487. The molecule has 2 aromatic heterocycles. The van der Waals surface area contributed by atoms with Gasteiger partial charge in [0.15, 0.2) is 0 Å². The molecule has 0 radical (unpaired) electrons. The maximum Gasteiger partial charge on any atom is 0.148 e. The fourth-order valence-corrected chi connectivity index (χ4v) is 1.95. The first kappa shape index (κ1) is 6.94. The highest BCUT2D eigenvalue weighted by Crippen LogP contribution is 2.24. The Morgan fingerprint density at radius 3 is 3.00 bits per heavy atom. The Balaban J connectivity index is 2.96. The molecule has 0 amide bonds. The van der Waals surface area contributed by atoms with Gasteiger partial charge in [0.05, 0.1) is 11.1 Å². The van der Waals surface area contributed by atoms with E-state index in [4.69, 9.17) is 11.6 Å². The van der Waals surface area contributed by atoms with Crippen LogP contribution in [0.1, 0.15) is 5.69 Å². The molecule has 2 heterocycles. The SMILES string of the molecule is Cc1nsc2ncnc(Cl)c12. The second-order valence-corrected chi connectivity index (χ2v) is 3.22. The third kappa shape index (κ3) is 0.985. The van der Waals surface area contributed by atoms with Crippen molar-refractivity contribution >= 4 is 33.4 Å². The first-order chi connectivity index (χ1) is 5.29. The summed E-state index contributed by atoms with van der Waals surface area (Å²) >= 11 is 7.16. The number of aromatic nitrogens is 3. The molecule has 0 spiro atoms. The molecule has 0 aromatic carbocycles. The quantitative estimate of drug-likeness (QED) is 0.590. The molecule has 0 bridgehead atoms. The highest BCUT2D eigenvalue weighted by atomic mass is 35.5. The van der Waals surface area contributed by atoms with Crippen LogP contribution >= 0.6 is 23.1 Å². The summed E-state index contributed by atoms with van der Waals surface area (Å²) in [6, 6.07) is 0. The van der Waals surface area contributed by atoms with Crippen molar-refractivity contribution in [3.8, 4) is 0 Å². The predicted octanol–water partition coefficient (Wildman–Crippen LogP) is 2.05. The average Bonchev–Trinajstić information content (AvgIpc) is 2.34. The van der Waals surface area contributed by atoms with Crippen LogP contribution in [0.4, 0.5) is 0 Å². The third-order valence-corrected chi connectivity index (χ3v) is 2.53. The Morgan fingerprint density at radius 1 is 1.45 bits per heavy atom. The normalized spacial score (nSPS) is 10.7. The van der Waals surface area contributed by atoms with Gasteiger partial charge in [-0.2, -0.15) is 4.37 Å². The van der Waals surface area contributed by atoms with Crippen molar-refractivity contribution in [2.45, 2.75) is 6.92 Å². The van der Waals surface area contributed by atoms with Crippen molar-refractivity contribution in [1.82, 2.24) is 14.3 Å². The van der Waals surface area contributed by atoms with Crippen LogP contribution < -0.4 is 0 Å². The van der Waals surface area contributed by atoms with E-state index in [1.807, 2.05) is 6.92 Å². The minimum atomic E-state index is 0.487. The van der Waals surface area contributed by atoms with E-state index in [1.165, 1.54) is 17.9 Å². The molecule has 0 fully saturated rings. The fourth-order valence-electron chi connectivity index (χ4n) is 0.880. The van der Waals surface area contributed by atoms with E-state index < -0.39 is 0 Å². The van der Waals surface area contributed by atoms with E-state index in [0.717, 1.165) is 15.9 Å². The van der Waals surface area contributed by atoms with Gasteiger partial charge >= 0.3 is 0 Å². The fraction of sp³-hybridized carbons (Fsp3) is 0.167. The van der Waals surface area contributed by atoms with E-state index >= 15 is 0 Å². The van der Waals surface area contributed by atoms with Crippen LogP contribution in [0.3, 0.4) is 0 Å². The summed E-state index contributed by atoms with van der Waals surface area (Å²) in [6.45, 7) is 1.90. The molecular formula is C6H4ClN3S. The summed E-state index contributed by atoms with van der Waals surface area (Å²) in [7, 11) is 0. The van der Waals surface area contributed by atoms with Crippen LogP contribution in [-0.4, -0.2) is 14.3 Å². The number of halogens is 1. The maximum absolute atomic E-state index is 5.82. The summed E-state index contributed by atoms with van der Waals surface area (Å²) in [5.74, 6) is 0. The monoisotopic (exact) mass is 185 g/mol. The highest BCUT2D eigenvalue weighted by Gasteiger charge is 2.06. The maximum atomic E-state index is 5.82. The summed E-state index contributed by atoms with van der Waals surface area (Å²) < 4.78 is 4.11. The van der Waals surface area contributed by atoms with Crippen LogP contribution in [-0.2, 0) is 0 Å². The number of rotatable bonds is 0. The lowest BCUT2D eigenvalue weighted by Gasteiger charge is -1.89. The van der Waals surface area contributed by atoms with Gasteiger partial charge in [0.2, 0.25) is 0 Å². The van der Waals surface area contributed by atoms with Gasteiger partial charge in [-0.05, 0) is 18.5 Å². The van der Waals surface area contributed by atoms with Gasteiger partial charge in [0, 0.05) is 0 Å². The topological polar surface area (TPSA) is 38.7 Å². The summed E-state index contributed by atoms with van der Waals surface area (Å²) in [6.07, 6.45) is 1.45. The second-order valence-electron chi connectivity index (χ2n) is 2.11. The second kappa shape index (κ2) is 2.39. The van der Waals surface area contributed by atoms with E-state index in [9.17, 15) is 0 Å². The Kier molecular flexibility index (Phi) is 1.51. The Bertz CT molecular complexity index is 398. The van der Waals surface area contributed by atoms with E-state index in [1.54, 1.807) is 0 Å². The minimum Gasteiger partial charge on any atom is -0.224 e. The van der Waals surface area contributed by atoms with Crippen LogP contribution in [0.25, 0.3) is 10.2 Å². The predicted molar refractivity (Wildman–Crippen MR) is 45.0 cm³/mol. The van der Waals surface area contributed by atoms with Crippen molar-refractivity contribution in [1.29, 1.82) is 0 Å². The smallest absolute Gasteiger partial charge is 0.148 e. The molecule has 0 atom stereocenters. The number of hydrogen-bond donors (Lipinski definition) is 0. The van der Waals surface area contributed by atoms with E-state index in [-0.39, 0.29) is 0 Å². The van der Waals surface area contributed by atoms with Crippen molar-refractivity contribution in [2.24, 2.45) is 0 Å². The summed E-state index contributed by atoms with van der Waals surface area (Å²) in [5.41, 5.74) is 0.899.